The first-order valence-corrected chi connectivity index (χ1v) is 5.47. The van der Waals surface area contributed by atoms with Gasteiger partial charge < -0.3 is 9.84 Å². The zero-order chi connectivity index (χ0) is 12.7. The summed E-state index contributed by atoms with van der Waals surface area (Å²) in [7, 11) is 0. The summed E-state index contributed by atoms with van der Waals surface area (Å²) in [5.74, 6) is 0.389. The predicted molar refractivity (Wildman–Crippen MR) is 67.5 cm³/mol. The van der Waals surface area contributed by atoms with E-state index in [1.807, 2.05) is 6.92 Å². The summed E-state index contributed by atoms with van der Waals surface area (Å²) < 4.78 is 5.39. The molecule has 3 heteroatoms. The standard InChI is InChI=1S/C14H16O3/c1-3-9-17-13(4-2)8-6-11-5-7-12(15)10-14(11)16/h4-8,10,16H,2-3,9H2,1H3/b11-6+,13-8-. The first-order chi connectivity index (χ1) is 8.17. The molecule has 0 bridgehead atoms. The van der Waals surface area contributed by atoms with Gasteiger partial charge in [0, 0.05) is 11.6 Å². The predicted octanol–water partition coefficient (Wildman–Crippen LogP) is 2.99. The molecule has 0 spiro atoms. The molecule has 1 rings (SSSR count). The van der Waals surface area contributed by atoms with Gasteiger partial charge in [-0.3, -0.25) is 4.79 Å². The van der Waals surface area contributed by atoms with Gasteiger partial charge in [0.2, 0.25) is 0 Å². The summed E-state index contributed by atoms with van der Waals surface area (Å²) in [6.07, 6.45) is 10.1. The summed E-state index contributed by atoms with van der Waals surface area (Å²) in [5.41, 5.74) is 0.573. The molecule has 3 nitrogen and oxygen atoms in total. The van der Waals surface area contributed by atoms with Gasteiger partial charge in [-0.25, -0.2) is 0 Å². The number of carbonyl (C=O) groups excluding carboxylic acids is 1. The third kappa shape index (κ3) is 4.15. The largest absolute Gasteiger partial charge is 0.507 e. The second-order valence-corrected chi connectivity index (χ2v) is 3.51. The molecular weight excluding hydrogens is 216 g/mol. The molecule has 1 aliphatic rings. The van der Waals surface area contributed by atoms with Crippen LogP contribution in [-0.4, -0.2) is 17.5 Å². The Morgan fingerprint density at radius 3 is 2.88 bits per heavy atom. The highest BCUT2D eigenvalue weighted by atomic mass is 16.5. The van der Waals surface area contributed by atoms with Gasteiger partial charge in [0.25, 0.3) is 0 Å². The van der Waals surface area contributed by atoms with Crippen LogP contribution >= 0.6 is 0 Å². The van der Waals surface area contributed by atoms with E-state index in [1.54, 1.807) is 24.3 Å². The van der Waals surface area contributed by atoms with E-state index in [0.29, 0.717) is 17.9 Å². The highest BCUT2D eigenvalue weighted by Crippen LogP contribution is 2.14. The van der Waals surface area contributed by atoms with Gasteiger partial charge in [0.15, 0.2) is 5.78 Å². The average molecular weight is 232 g/mol. The lowest BCUT2D eigenvalue weighted by Gasteiger charge is -2.06. The van der Waals surface area contributed by atoms with Crippen LogP contribution < -0.4 is 0 Å². The third-order valence-corrected chi connectivity index (χ3v) is 2.10. The molecule has 0 saturated carbocycles. The molecule has 0 unspecified atom stereocenters. The lowest BCUT2D eigenvalue weighted by Crippen LogP contribution is -1.98. The Morgan fingerprint density at radius 1 is 1.53 bits per heavy atom. The number of ether oxygens (including phenoxy) is 1. The second kappa shape index (κ2) is 6.53. The zero-order valence-electron chi connectivity index (χ0n) is 9.85. The Kier molecular flexibility index (Phi) is 5.01. The number of aliphatic hydroxyl groups is 1. The number of carbonyl (C=O) groups is 1. The van der Waals surface area contributed by atoms with Crippen molar-refractivity contribution in [1.29, 1.82) is 0 Å². The molecule has 0 aromatic heterocycles. The smallest absolute Gasteiger partial charge is 0.182 e. The molecule has 0 amide bonds. The van der Waals surface area contributed by atoms with Crippen molar-refractivity contribution in [2.24, 2.45) is 0 Å². The van der Waals surface area contributed by atoms with Gasteiger partial charge in [-0.2, -0.15) is 0 Å². The molecule has 0 aromatic carbocycles. The molecule has 0 saturated heterocycles. The molecule has 90 valence electrons. The van der Waals surface area contributed by atoms with Crippen LogP contribution in [-0.2, 0) is 9.53 Å². The number of aliphatic hydroxyl groups excluding tert-OH is 1. The summed E-state index contributed by atoms with van der Waals surface area (Å²) in [4.78, 5) is 10.9. The van der Waals surface area contributed by atoms with Gasteiger partial charge in [0.1, 0.15) is 11.5 Å². The second-order valence-electron chi connectivity index (χ2n) is 3.51. The maximum atomic E-state index is 10.9. The third-order valence-electron chi connectivity index (χ3n) is 2.10. The average Bonchev–Trinajstić information content (AvgIpc) is 2.31. The minimum Gasteiger partial charge on any atom is -0.507 e. The van der Waals surface area contributed by atoms with Crippen LogP contribution in [0.3, 0.4) is 0 Å². The van der Waals surface area contributed by atoms with Gasteiger partial charge in [-0.15, -0.1) is 0 Å². The molecule has 1 aliphatic carbocycles. The van der Waals surface area contributed by atoms with Crippen LogP contribution in [0.4, 0.5) is 0 Å². The first kappa shape index (κ1) is 13.0. The molecule has 0 heterocycles. The fraction of sp³-hybridized carbons (Fsp3) is 0.214. The lowest BCUT2D eigenvalue weighted by atomic mass is 10.1. The number of hydrogen-bond donors (Lipinski definition) is 1. The fourth-order valence-electron chi connectivity index (χ4n) is 1.23. The topological polar surface area (TPSA) is 46.5 Å². The number of hydrogen-bond acceptors (Lipinski definition) is 3. The van der Waals surface area contributed by atoms with Gasteiger partial charge in [0.05, 0.1) is 6.61 Å². The Balaban J connectivity index is 2.78. The van der Waals surface area contributed by atoms with E-state index in [-0.39, 0.29) is 11.5 Å². The van der Waals surface area contributed by atoms with Crippen molar-refractivity contribution in [3.8, 4) is 0 Å². The van der Waals surface area contributed by atoms with Crippen LogP contribution in [0.15, 0.2) is 60.1 Å². The van der Waals surface area contributed by atoms with Crippen molar-refractivity contribution in [1.82, 2.24) is 0 Å². The summed E-state index contributed by atoms with van der Waals surface area (Å²) >= 11 is 0. The number of rotatable bonds is 5. The Labute approximate surface area is 101 Å². The maximum Gasteiger partial charge on any atom is 0.182 e. The van der Waals surface area contributed by atoms with E-state index < -0.39 is 0 Å². The van der Waals surface area contributed by atoms with Crippen LogP contribution in [0.2, 0.25) is 0 Å². The highest BCUT2D eigenvalue weighted by molar-refractivity contribution is 6.01. The van der Waals surface area contributed by atoms with Crippen LogP contribution in [0, 0.1) is 0 Å². The molecule has 17 heavy (non-hydrogen) atoms. The molecule has 0 atom stereocenters. The summed E-state index contributed by atoms with van der Waals surface area (Å²) in [6.45, 7) is 6.28. The van der Waals surface area contributed by atoms with Crippen molar-refractivity contribution in [2.75, 3.05) is 6.61 Å². The Morgan fingerprint density at radius 2 is 2.29 bits per heavy atom. The van der Waals surface area contributed by atoms with Crippen LogP contribution in [0.1, 0.15) is 13.3 Å². The zero-order valence-corrected chi connectivity index (χ0v) is 9.85. The van der Waals surface area contributed by atoms with Crippen molar-refractivity contribution in [3.63, 3.8) is 0 Å². The Bertz CT molecular complexity index is 423. The van der Waals surface area contributed by atoms with Gasteiger partial charge in [-0.05, 0) is 36.8 Å². The molecule has 0 aromatic rings. The molecule has 0 fully saturated rings. The number of allylic oxidation sites excluding steroid dienone is 6. The minimum atomic E-state index is -0.213. The monoisotopic (exact) mass is 232 g/mol. The normalized spacial score (nSPS) is 18.2. The minimum absolute atomic E-state index is 0.0346. The van der Waals surface area contributed by atoms with Gasteiger partial charge >= 0.3 is 0 Å². The van der Waals surface area contributed by atoms with Crippen LogP contribution in [0.25, 0.3) is 0 Å². The van der Waals surface area contributed by atoms with Crippen molar-refractivity contribution in [2.45, 2.75) is 13.3 Å². The highest BCUT2D eigenvalue weighted by Gasteiger charge is 2.07. The van der Waals surface area contributed by atoms with E-state index >= 15 is 0 Å². The molecular formula is C14H16O3. The maximum absolute atomic E-state index is 10.9. The lowest BCUT2D eigenvalue weighted by molar-refractivity contribution is -0.110. The molecule has 0 aliphatic heterocycles. The quantitative estimate of drug-likeness (QED) is 0.585. The number of ketones is 1. The summed E-state index contributed by atoms with van der Waals surface area (Å²) in [5, 5.41) is 9.53. The van der Waals surface area contributed by atoms with E-state index in [9.17, 15) is 9.90 Å². The first-order valence-electron chi connectivity index (χ1n) is 5.47. The summed E-state index contributed by atoms with van der Waals surface area (Å²) in [6, 6.07) is 0. The van der Waals surface area contributed by atoms with E-state index in [2.05, 4.69) is 6.58 Å². The van der Waals surface area contributed by atoms with Crippen molar-refractivity contribution >= 4 is 5.78 Å². The van der Waals surface area contributed by atoms with Crippen molar-refractivity contribution in [3.05, 3.63) is 60.1 Å². The van der Waals surface area contributed by atoms with E-state index in [1.165, 1.54) is 12.2 Å². The van der Waals surface area contributed by atoms with Crippen molar-refractivity contribution < 1.29 is 14.6 Å². The molecule has 0 radical (unpaired) electrons. The van der Waals surface area contributed by atoms with Crippen LogP contribution in [0.5, 0.6) is 0 Å². The molecule has 1 N–H and O–H groups in total. The van der Waals surface area contributed by atoms with E-state index in [4.69, 9.17) is 4.74 Å². The fourth-order valence-corrected chi connectivity index (χ4v) is 1.23. The Hall–Kier alpha value is -2.03. The SMILES string of the molecule is C=C/C(=C/C=C1\C=CC(=O)C=C1O)OCCC. The van der Waals surface area contributed by atoms with Gasteiger partial charge in [-0.1, -0.05) is 13.5 Å². The van der Waals surface area contributed by atoms with E-state index in [0.717, 1.165) is 6.42 Å².